The Hall–Kier alpha value is -1.77. The number of benzene rings is 1. The molecule has 76 valence electrons. The fourth-order valence-corrected chi connectivity index (χ4v) is 2.51. The second-order valence-corrected chi connectivity index (χ2v) is 3.90. The molecule has 15 heavy (non-hydrogen) atoms. The van der Waals surface area contributed by atoms with Crippen LogP contribution in [0.5, 0.6) is 0 Å². The summed E-state index contributed by atoms with van der Waals surface area (Å²) in [6.45, 7) is 0.948. The van der Waals surface area contributed by atoms with Gasteiger partial charge >= 0.3 is 5.97 Å². The lowest BCUT2D eigenvalue weighted by molar-refractivity contribution is 0.0698. The highest BCUT2D eigenvalue weighted by atomic mass is 16.4. The van der Waals surface area contributed by atoms with E-state index < -0.39 is 5.97 Å². The van der Waals surface area contributed by atoms with E-state index in [0.29, 0.717) is 5.56 Å². The molecule has 2 aromatic rings. The molecular weight excluding hydrogens is 190 g/mol. The number of aromatic carboxylic acids is 1. The van der Waals surface area contributed by atoms with Gasteiger partial charge in [0.05, 0.1) is 5.56 Å². The molecule has 3 nitrogen and oxygen atoms in total. The second-order valence-electron chi connectivity index (χ2n) is 3.90. The van der Waals surface area contributed by atoms with Crippen LogP contribution in [0, 0.1) is 0 Å². The molecule has 0 radical (unpaired) electrons. The summed E-state index contributed by atoms with van der Waals surface area (Å²) in [7, 11) is 0. The van der Waals surface area contributed by atoms with E-state index in [1.165, 1.54) is 0 Å². The molecule has 1 aromatic heterocycles. The van der Waals surface area contributed by atoms with E-state index in [4.69, 9.17) is 0 Å². The largest absolute Gasteiger partial charge is 0.478 e. The molecule has 0 atom stereocenters. The van der Waals surface area contributed by atoms with Crippen molar-refractivity contribution in [1.82, 2.24) is 4.57 Å². The molecular formula is C12H11NO2. The second kappa shape index (κ2) is 2.86. The first-order valence-electron chi connectivity index (χ1n) is 5.12. The minimum atomic E-state index is -0.804. The molecule has 1 aliphatic heterocycles. The minimum absolute atomic E-state index is 0.503. The van der Waals surface area contributed by atoms with E-state index in [0.717, 1.165) is 36.0 Å². The number of rotatable bonds is 1. The van der Waals surface area contributed by atoms with Crippen LogP contribution >= 0.6 is 0 Å². The Morgan fingerprint density at radius 1 is 1.33 bits per heavy atom. The van der Waals surface area contributed by atoms with E-state index >= 15 is 0 Å². The van der Waals surface area contributed by atoms with Crippen LogP contribution in [0.2, 0.25) is 0 Å². The van der Waals surface area contributed by atoms with Crippen LogP contribution in [0.1, 0.15) is 22.5 Å². The first-order valence-corrected chi connectivity index (χ1v) is 5.12. The number of carboxylic acid groups (broad SMARTS) is 1. The topological polar surface area (TPSA) is 42.2 Å². The maximum atomic E-state index is 11.2. The minimum Gasteiger partial charge on any atom is -0.478 e. The molecule has 0 unspecified atom stereocenters. The summed E-state index contributed by atoms with van der Waals surface area (Å²) in [4.78, 5) is 11.2. The van der Waals surface area contributed by atoms with Crippen molar-refractivity contribution < 1.29 is 9.90 Å². The number of para-hydroxylation sites is 1. The number of carboxylic acids is 1. The predicted molar refractivity (Wildman–Crippen MR) is 57.2 cm³/mol. The molecule has 3 heteroatoms. The molecule has 0 fully saturated rings. The van der Waals surface area contributed by atoms with Crippen molar-refractivity contribution in [2.75, 3.05) is 0 Å². The fraction of sp³-hybridized carbons (Fsp3) is 0.250. The lowest BCUT2D eigenvalue weighted by Gasteiger charge is -1.97. The van der Waals surface area contributed by atoms with Crippen molar-refractivity contribution in [3.63, 3.8) is 0 Å². The summed E-state index contributed by atoms with van der Waals surface area (Å²) in [5.41, 5.74) is 2.55. The van der Waals surface area contributed by atoms with E-state index in [1.54, 1.807) is 0 Å². The predicted octanol–water partition coefficient (Wildman–Crippen LogP) is 2.29. The molecule has 0 bridgehead atoms. The maximum absolute atomic E-state index is 11.2. The van der Waals surface area contributed by atoms with Gasteiger partial charge < -0.3 is 9.67 Å². The SMILES string of the molecule is O=C(O)c1c2n(c3ccccc13)CCC2. The van der Waals surface area contributed by atoms with Gasteiger partial charge in [-0.25, -0.2) is 4.79 Å². The van der Waals surface area contributed by atoms with Crippen molar-refractivity contribution in [3.05, 3.63) is 35.5 Å². The van der Waals surface area contributed by atoms with E-state index in [1.807, 2.05) is 24.3 Å². The number of hydrogen-bond acceptors (Lipinski definition) is 1. The van der Waals surface area contributed by atoms with E-state index in [9.17, 15) is 9.90 Å². The lowest BCUT2D eigenvalue weighted by Crippen LogP contribution is -1.99. The first kappa shape index (κ1) is 8.53. The third-order valence-electron chi connectivity index (χ3n) is 3.09. The molecule has 1 aliphatic rings. The van der Waals surface area contributed by atoms with Gasteiger partial charge in [0.1, 0.15) is 0 Å². The van der Waals surface area contributed by atoms with Crippen molar-refractivity contribution >= 4 is 16.9 Å². The fourth-order valence-electron chi connectivity index (χ4n) is 2.51. The molecule has 0 saturated heterocycles. The highest BCUT2D eigenvalue weighted by Gasteiger charge is 2.24. The standard InChI is InChI=1S/C12H11NO2/c14-12(15)11-8-4-1-2-5-9(8)13-7-3-6-10(11)13/h1-2,4-5H,3,6-7H2,(H,14,15). The Kier molecular flexibility index (Phi) is 1.63. The Morgan fingerprint density at radius 2 is 2.13 bits per heavy atom. The zero-order valence-electron chi connectivity index (χ0n) is 8.23. The Bertz CT molecular complexity index is 554. The van der Waals surface area contributed by atoms with Gasteiger partial charge in [0.25, 0.3) is 0 Å². The summed E-state index contributed by atoms with van der Waals surface area (Å²) >= 11 is 0. The van der Waals surface area contributed by atoms with Gasteiger partial charge in [-0.05, 0) is 18.9 Å². The third-order valence-corrected chi connectivity index (χ3v) is 3.09. The maximum Gasteiger partial charge on any atom is 0.338 e. The van der Waals surface area contributed by atoms with Gasteiger partial charge in [-0.15, -0.1) is 0 Å². The monoisotopic (exact) mass is 201 g/mol. The van der Waals surface area contributed by atoms with E-state index in [-0.39, 0.29) is 0 Å². The molecule has 0 amide bonds. The van der Waals surface area contributed by atoms with Gasteiger partial charge in [0.2, 0.25) is 0 Å². The molecule has 1 N–H and O–H groups in total. The first-order chi connectivity index (χ1) is 7.29. The number of nitrogens with zero attached hydrogens (tertiary/aromatic N) is 1. The lowest BCUT2D eigenvalue weighted by atomic mass is 10.1. The summed E-state index contributed by atoms with van der Waals surface area (Å²) in [6, 6.07) is 7.74. The highest BCUT2D eigenvalue weighted by Crippen LogP contribution is 2.31. The molecule has 0 aliphatic carbocycles. The van der Waals surface area contributed by atoms with Gasteiger partial charge in [-0.2, -0.15) is 0 Å². The van der Waals surface area contributed by atoms with Crippen LogP contribution in [0.4, 0.5) is 0 Å². The number of carbonyl (C=O) groups is 1. The summed E-state index contributed by atoms with van der Waals surface area (Å²) in [5, 5.41) is 10.1. The zero-order chi connectivity index (χ0) is 10.4. The van der Waals surface area contributed by atoms with Crippen molar-refractivity contribution in [1.29, 1.82) is 0 Å². The molecule has 1 aromatic carbocycles. The number of aromatic nitrogens is 1. The number of hydrogen-bond donors (Lipinski definition) is 1. The van der Waals surface area contributed by atoms with Crippen LogP contribution in [-0.4, -0.2) is 15.6 Å². The Morgan fingerprint density at radius 3 is 2.93 bits per heavy atom. The molecule has 0 saturated carbocycles. The van der Waals surface area contributed by atoms with Crippen molar-refractivity contribution in [3.8, 4) is 0 Å². The van der Waals surface area contributed by atoms with Gasteiger partial charge in [0, 0.05) is 23.1 Å². The van der Waals surface area contributed by atoms with Gasteiger partial charge in [-0.1, -0.05) is 18.2 Å². The number of aryl methyl sites for hydroxylation is 1. The van der Waals surface area contributed by atoms with Crippen molar-refractivity contribution in [2.45, 2.75) is 19.4 Å². The van der Waals surface area contributed by atoms with E-state index in [2.05, 4.69) is 4.57 Å². The van der Waals surface area contributed by atoms with Crippen LogP contribution in [0.15, 0.2) is 24.3 Å². The highest BCUT2D eigenvalue weighted by molar-refractivity contribution is 6.05. The molecule has 3 rings (SSSR count). The Balaban J connectivity index is 2.46. The smallest absolute Gasteiger partial charge is 0.338 e. The summed E-state index contributed by atoms with van der Waals surface area (Å²) < 4.78 is 2.14. The van der Waals surface area contributed by atoms with Crippen LogP contribution < -0.4 is 0 Å². The van der Waals surface area contributed by atoms with Crippen LogP contribution in [0.25, 0.3) is 10.9 Å². The Labute approximate surface area is 86.9 Å². The number of fused-ring (bicyclic) bond motifs is 3. The van der Waals surface area contributed by atoms with Gasteiger partial charge in [-0.3, -0.25) is 0 Å². The third kappa shape index (κ3) is 1.03. The summed E-state index contributed by atoms with van der Waals surface area (Å²) in [6.07, 6.45) is 1.94. The normalized spacial score (nSPS) is 14.4. The molecule has 0 spiro atoms. The van der Waals surface area contributed by atoms with Crippen LogP contribution in [0.3, 0.4) is 0 Å². The average molecular weight is 201 g/mol. The summed E-state index contributed by atoms with van der Waals surface area (Å²) in [5.74, 6) is -0.804. The van der Waals surface area contributed by atoms with Crippen LogP contribution in [-0.2, 0) is 13.0 Å². The quantitative estimate of drug-likeness (QED) is 0.769. The van der Waals surface area contributed by atoms with Crippen molar-refractivity contribution in [2.24, 2.45) is 0 Å². The molecule has 2 heterocycles. The van der Waals surface area contributed by atoms with Gasteiger partial charge in [0.15, 0.2) is 0 Å². The zero-order valence-corrected chi connectivity index (χ0v) is 8.23. The average Bonchev–Trinajstić information content (AvgIpc) is 2.75.